The number of hydrogen-bond donors (Lipinski definition) is 1. The van der Waals surface area contributed by atoms with E-state index in [1.807, 2.05) is 12.1 Å². The van der Waals surface area contributed by atoms with Crippen LogP contribution in [0.2, 0.25) is 5.02 Å². The van der Waals surface area contributed by atoms with Crippen LogP contribution in [0.25, 0.3) is 0 Å². The highest BCUT2D eigenvalue weighted by atomic mass is 35.5. The van der Waals surface area contributed by atoms with Crippen molar-refractivity contribution in [1.82, 2.24) is 5.32 Å². The summed E-state index contributed by atoms with van der Waals surface area (Å²) >= 11 is 5.94. The van der Waals surface area contributed by atoms with Gasteiger partial charge in [0.15, 0.2) is 0 Å². The van der Waals surface area contributed by atoms with E-state index in [2.05, 4.69) is 24.4 Å². The van der Waals surface area contributed by atoms with Crippen LogP contribution in [0.4, 0.5) is 0 Å². The number of halogens is 1. The van der Waals surface area contributed by atoms with Crippen LogP contribution in [0.3, 0.4) is 0 Å². The molecule has 2 heteroatoms. The van der Waals surface area contributed by atoms with Gasteiger partial charge in [0.1, 0.15) is 0 Å². The monoisotopic (exact) mass is 277 g/mol. The Morgan fingerprint density at radius 1 is 1.00 bits per heavy atom. The summed E-state index contributed by atoms with van der Waals surface area (Å²) in [4.78, 5) is 0. The van der Waals surface area contributed by atoms with Crippen LogP contribution >= 0.6 is 11.6 Å². The van der Waals surface area contributed by atoms with Gasteiger partial charge in [0, 0.05) is 17.1 Å². The summed E-state index contributed by atoms with van der Waals surface area (Å²) in [5.41, 5.74) is 1.46. The van der Waals surface area contributed by atoms with Crippen molar-refractivity contribution in [2.75, 3.05) is 0 Å². The largest absolute Gasteiger partial charge is 0.311 e. The molecule has 1 nitrogen and oxygen atoms in total. The highest BCUT2D eigenvalue weighted by molar-refractivity contribution is 6.30. The standard InChI is InChI=1S/C17H24ClN/c1-12-3-2-4-16(9-12)19-17-10-14(11-17)13-5-7-15(18)8-6-13/h5-8,12,14,16-17,19H,2-4,9-11H2,1H3. The fourth-order valence-corrected chi connectivity index (χ4v) is 3.81. The van der Waals surface area contributed by atoms with E-state index in [0.29, 0.717) is 0 Å². The molecule has 3 rings (SSSR count). The molecule has 0 spiro atoms. The maximum atomic E-state index is 5.94. The van der Waals surface area contributed by atoms with Crippen molar-refractivity contribution >= 4 is 11.6 Å². The molecule has 104 valence electrons. The van der Waals surface area contributed by atoms with Crippen molar-refractivity contribution in [3.05, 3.63) is 34.9 Å². The van der Waals surface area contributed by atoms with Gasteiger partial charge in [-0.25, -0.2) is 0 Å². The molecule has 2 unspecified atom stereocenters. The Hall–Kier alpha value is -0.530. The van der Waals surface area contributed by atoms with E-state index in [-0.39, 0.29) is 0 Å². The smallest absolute Gasteiger partial charge is 0.0406 e. The third kappa shape index (κ3) is 3.32. The molecular formula is C17H24ClN. The average Bonchev–Trinajstić information content (AvgIpc) is 2.35. The summed E-state index contributed by atoms with van der Waals surface area (Å²) in [7, 11) is 0. The molecule has 2 fully saturated rings. The quantitative estimate of drug-likeness (QED) is 0.840. The van der Waals surface area contributed by atoms with Crippen molar-refractivity contribution < 1.29 is 0 Å². The zero-order valence-corrected chi connectivity index (χ0v) is 12.5. The maximum absolute atomic E-state index is 5.94. The van der Waals surface area contributed by atoms with E-state index < -0.39 is 0 Å². The molecule has 1 aromatic carbocycles. The summed E-state index contributed by atoms with van der Waals surface area (Å²) in [6.45, 7) is 2.39. The molecule has 0 bridgehead atoms. The minimum atomic E-state index is 0.746. The predicted octanol–water partition coefficient (Wildman–Crippen LogP) is 4.75. The molecule has 2 saturated carbocycles. The molecule has 2 aliphatic rings. The topological polar surface area (TPSA) is 12.0 Å². The first-order valence-electron chi connectivity index (χ1n) is 7.72. The fraction of sp³-hybridized carbons (Fsp3) is 0.647. The van der Waals surface area contributed by atoms with Crippen LogP contribution in [0.15, 0.2) is 24.3 Å². The lowest BCUT2D eigenvalue weighted by atomic mass is 9.75. The first-order chi connectivity index (χ1) is 9.20. The zero-order valence-electron chi connectivity index (χ0n) is 11.7. The van der Waals surface area contributed by atoms with Gasteiger partial charge in [-0.15, -0.1) is 0 Å². The van der Waals surface area contributed by atoms with Crippen molar-refractivity contribution in [2.24, 2.45) is 5.92 Å². The van der Waals surface area contributed by atoms with E-state index in [0.717, 1.165) is 28.9 Å². The maximum Gasteiger partial charge on any atom is 0.0406 e. The third-order valence-electron chi connectivity index (χ3n) is 4.89. The second-order valence-electron chi connectivity index (χ2n) is 6.55. The lowest BCUT2D eigenvalue weighted by Crippen LogP contribution is -2.46. The molecule has 0 saturated heterocycles. The van der Waals surface area contributed by atoms with E-state index >= 15 is 0 Å². The second-order valence-corrected chi connectivity index (χ2v) is 6.99. The predicted molar refractivity (Wildman–Crippen MR) is 81.8 cm³/mol. The second kappa shape index (κ2) is 5.85. The molecule has 0 radical (unpaired) electrons. The molecular weight excluding hydrogens is 254 g/mol. The Bertz CT molecular complexity index is 408. The number of rotatable bonds is 3. The lowest BCUT2D eigenvalue weighted by molar-refractivity contribution is 0.217. The van der Waals surface area contributed by atoms with Crippen molar-refractivity contribution in [3.8, 4) is 0 Å². The molecule has 1 aromatic rings. The fourth-order valence-electron chi connectivity index (χ4n) is 3.68. The molecule has 19 heavy (non-hydrogen) atoms. The van der Waals surface area contributed by atoms with E-state index in [4.69, 9.17) is 11.6 Å². The lowest BCUT2D eigenvalue weighted by Gasteiger charge is -2.40. The summed E-state index contributed by atoms with van der Waals surface area (Å²) < 4.78 is 0. The summed E-state index contributed by atoms with van der Waals surface area (Å²) in [6, 6.07) is 9.93. The Balaban J connectivity index is 1.46. The number of hydrogen-bond acceptors (Lipinski definition) is 1. The molecule has 2 aliphatic carbocycles. The average molecular weight is 278 g/mol. The molecule has 0 aliphatic heterocycles. The van der Waals surface area contributed by atoms with Crippen molar-refractivity contribution in [2.45, 2.75) is 63.5 Å². The van der Waals surface area contributed by atoms with Gasteiger partial charge < -0.3 is 5.32 Å². The van der Waals surface area contributed by atoms with Crippen LogP contribution < -0.4 is 5.32 Å². The summed E-state index contributed by atoms with van der Waals surface area (Å²) in [5, 5.41) is 4.71. The van der Waals surface area contributed by atoms with Gasteiger partial charge in [0.25, 0.3) is 0 Å². The molecule has 0 heterocycles. The summed E-state index contributed by atoms with van der Waals surface area (Å²) in [5.74, 6) is 1.66. The van der Waals surface area contributed by atoms with E-state index in [9.17, 15) is 0 Å². The Labute approximate surface area is 121 Å². The van der Waals surface area contributed by atoms with Crippen LogP contribution in [-0.2, 0) is 0 Å². The van der Waals surface area contributed by atoms with Gasteiger partial charge in [-0.3, -0.25) is 0 Å². The van der Waals surface area contributed by atoms with Gasteiger partial charge in [0.05, 0.1) is 0 Å². The Kier molecular flexibility index (Phi) is 4.14. The Morgan fingerprint density at radius 3 is 2.42 bits per heavy atom. The Morgan fingerprint density at radius 2 is 1.74 bits per heavy atom. The van der Waals surface area contributed by atoms with Gasteiger partial charge in [-0.05, 0) is 55.2 Å². The SMILES string of the molecule is CC1CCCC(NC2CC(c3ccc(Cl)cc3)C2)C1. The third-order valence-corrected chi connectivity index (χ3v) is 5.14. The molecule has 1 N–H and O–H groups in total. The normalized spacial score (nSPS) is 34.8. The van der Waals surface area contributed by atoms with E-state index in [1.165, 1.54) is 44.1 Å². The van der Waals surface area contributed by atoms with Crippen LogP contribution in [0.5, 0.6) is 0 Å². The minimum absolute atomic E-state index is 0.746. The van der Waals surface area contributed by atoms with Crippen LogP contribution in [0.1, 0.15) is 56.9 Å². The number of benzene rings is 1. The van der Waals surface area contributed by atoms with Crippen molar-refractivity contribution in [1.29, 1.82) is 0 Å². The van der Waals surface area contributed by atoms with Crippen LogP contribution in [0, 0.1) is 5.92 Å². The number of nitrogens with one attached hydrogen (secondary N) is 1. The van der Waals surface area contributed by atoms with Gasteiger partial charge in [0.2, 0.25) is 0 Å². The van der Waals surface area contributed by atoms with Crippen LogP contribution in [-0.4, -0.2) is 12.1 Å². The van der Waals surface area contributed by atoms with Gasteiger partial charge >= 0.3 is 0 Å². The van der Waals surface area contributed by atoms with Gasteiger partial charge in [-0.2, -0.15) is 0 Å². The first-order valence-corrected chi connectivity index (χ1v) is 8.10. The summed E-state index contributed by atoms with van der Waals surface area (Å²) in [6.07, 6.45) is 8.19. The van der Waals surface area contributed by atoms with Gasteiger partial charge in [-0.1, -0.05) is 43.5 Å². The molecule has 2 atom stereocenters. The molecule has 0 amide bonds. The minimum Gasteiger partial charge on any atom is -0.311 e. The van der Waals surface area contributed by atoms with Crippen molar-refractivity contribution in [3.63, 3.8) is 0 Å². The van der Waals surface area contributed by atoms with E-state index in [1.54, 1.807) is 0 Å². The highest BCUT2D eigenvalue weighted by Crippen LogP contribution is 2.38. The highest BCUT2D eigenvalue weighted by Gasteiger charge is 2.32. The first kappa shape index (κ1) is 13.5. The molecule has 0 aromatic heterocycles. The zero-order chi connectivity index (χ0) is 13.2.